The Labute approximate surface area is 124 Å². The number of nitrogens with zero attached hydrogens (tertiary/aromatic N) is 1. The number of ether oxygens (including phenoxy) is 2. The first kappa shape index (κ1) is 15.4. The fourth-order valence-corrected chi connectivity index (χ4v) is 2.61. The number of methoxy groups -OCH3 is 1. The van der Waals surface area contributed by atoms with Crippen molar-refractivity contribution < 1.29 is 19.1 Å². The van der Waals surface area contributed by atoms with Gasteiger partial charge in [-0.1, -0.05) is 6.07 Å². The van der Waals surface area contributed by atoms with Gasteiger partial charge in [0.15, 0.2) is 0 Å². The summed E-state index contributed by atoms with van der Waals surface area (Å²) < 4.78 is 10.3. The number of esters is 1. The van der Waals surface area contributed by atoms with Crippen molar-refractivity contribution in [3.05, 3.63) is 29.3 Å². The molecule has 0 N–H and O–H groups in total. The Balaban J connectivity index is 2.20. The summed E-state index contributed by atoms with van der Waals surface area (Å²) in [6.07, 6.45) is 1.48. The number of hydrogen-bond donors (Lipinski definition) is 0. The van der Waals surface area contributed by atoms with Gasteiger partial charge >= 0.3 is 5.97 Å². The highest BCUT2D eigenvalue weighted by molar-refractivity contribution is 5.97. The molecule has 1 amide bonds. The number of carbonyl (C=O) groups is 2. The Morgan fingerprint density at radius 3 is 2.81 bits per heavy atom. The van der Waals surface area contributed by atoms with Crippen LogP contribution in [0, 0.1) is 6.92 Å². The predicted molar refractivity (Wildman–Crippen MR) is 78.4 cm³/mol. The van der Waals surface area contributed by atoms with Gasteiger partial charge in [-0.15, -0.1) is 0 Å². The van der Waals surface area contributed by atoms with Crippen LogP contribution in [0.4, 0.5) is 0 Å². The van der Waals surface area contributed by atoms with Crippen LogP contribution >= 0.6 is 0 Å². The summed E-state index contributed by atoms with van der Waals surface area (Å²) in [5.41, 5.74) is 1.51. The van der Waals surface area contributed by atoms with Gasteiger partial charge in [-0.3, -0.25) is 4.79 Å². The molecule has 1 heterocycles. The molecule has 0 saturated carbocycles. The van der Waals surface area contributed by atoms with Crippen LogP contribution in [-0.4, -0.2) is 43.1 Å². The fourth-order valence-electron chi connectivity index (χ4n) is 2.61. The maximum absolute atomic E-state index is 12.6. The van der Waals surface area contributed by atoms with E-state index in [0.717, 1.165) is 12.0 Å². The van der Waals surface area contributed by atoms with Crippen molar-refractivity contribution in [2.24, 2.45) is 0 Å². The van der Waals surface area contributed by atoms with Gasteiger partial charge in [-0.2, -0.15) is 0 Å². The third-order valence-corrected chi connectivity index (χ3v) is 3.73. The van der Waals surface area contributed by atoms with Crippen LogP contribution in [0.3, 0.4) is 0 Å². The molecular formula is C16H21NO4. The molecule has 5 nitrogen and oxygen atoms in total. The average molecular weight is 291 g/mol. The summed E-state index contributed by atoms with van der Waals surface area (Å²) in [6.45, 7) is 4.60. The van der Waals surface area contributed by atoms with Crippen LogP contribution in [0.15, 0.2) is 18.2 Å². The highest BCUT2D eigenvalue weighted by atomic mass is 16.5. The predicted octanol–water partition coefficient (Wildman–Crippen LogP) is 2.17. The quantitative estimate of drug-likeness (QED) is 0.798. The fraction of sp³-hybridized carbons (Fsp3) is 0.500. The molecule has 114 valence electrons. The van der Waals surface area contributed by atoms with Crippen molar-refractivity contribution >= 4 is 11.9 Å². The van der Waals surface area contributed by atoms with E-state index < -0.39 is 6.04 Å². The minimum absolute atomic E-state index is 0.149. The van der Waals surface area contributed by atoms with E-state index in [1.165, 1.54) is 0 Å². The second kappa shape index (κ2) is 6.61. The molecular weight excluding hydrogens is 270 g/mol. The normalized spacial score (nSPS) is 17.7. The van der Waals surface area contributed by atoms with Gasteiger partial charge in [0, 0.05) is 12.1 Å². The van der Waals surface area contributed by atoms with Gasteiger partial charge < -0.3 is 14.4 Å². The Bertz CT molecular complexity index is 541. The topological polar surface area (TPSA) is 55.8 Å². The highest BCUT2D eigenvalue weighted by Gasteiger charge is 2.35. The first-order valence-corrected chi connectivity index (χ1v) is 7.20. The van der Waals surface area contributed by atoms with Crippen LogP contribution in [0.2, 0.25) is 0 Å². The molecule has 1 fully saturated rings. The molecule has 0 aromatic heterocycles. The van der Waals surface area contributed by atoms with E-state index in [1.54, 1.807) is 31.1 Å². The standard InChI is InChI=1S/C16H21NO4/c1-4-21-16(19)13-6-5-9-17(13)15(18)12-8-7-11(2)14(10-12)20-3/h7-8,10,13H,4-6,9H2,1-3H3. The number of hydrogen-bond acceptors (Lipinski definition) is 4. The first-order chi connectivity index (χ1) is 10.1. The van der Waals surface area contributed by atoms with E-state index in [0.29, 0.717) is 30.9 Å². The Hall–Kier alpha value is -2.04. The molecule has 1 atom stereocenters. The zero-order valence-electron chi connectivity index (χ0n) is 12.7. The lowest BCUT2D eigenvalue weighted by atomic mass is 10.1. The molecule has 1 aliphatic heterocycles. The molecule has 0 radical (unpaired) electrons. The van der Waals surface area contributed by atoms with Gasteiger partial charge in [0.1, 0.15) is 11.8 Å². The Kier molecular flexibility index (Phi) is 4.83. The van der Waals surface area contributed by atoms with Crippen LogP contribution < -0.4 is 4.74 Å². The number of likely N-dealkylation sites (tertiary alicyclic amines) is 1. The molecule has 21 heavy (non-hydrogen) atoms. The van der Waals surface area contributed by atoms with Crippen LogP contribution in [0.1, 0.15) is 35.7 Å². The van der Waals surface area contributed by atoms with Gasteiger partial charge in [0.05, 0.1) is 13.7 Å². The SMILES string of the molecule is CCOC(=O)C1CCCN1C(=O)c1ccc(C)c(OC)c1. The second-order valence-electron chi connectivity index (χ2n) is 5.09. The zero-order chi connectivity index (χ0) is 15.4. The number of aryl methyl sites for hydroxylation is 1. The molecule has 1 aromatic carbocycles. The van der Waals surface area contributed by atoms with Gasteiger partial charge in [-0.05, 0) is 44.4 Å². The minimum atomic E-state index is -0.468. The average Bonchev–Trinajstić information content (AvgIpc) is 2.96. The molecule has 5 heteroatoms. The van der Waals surface area contributed by atoms with Crippen molar-refractivity contribution in [3.63, 3.8) is 0 Å². The third-order valence-electron chi connectivity index (χ3n) is 3.73. The number of rotatable bonds is 4. The summed E-state index contributed by atoms with van der Waals surface area (Å²) in [5, 5.41) is 0. The molecule has 1 saturated heterocycles. The molecule has 1 unspecified atom stereocenters. The number of benzene rings is 1. The lowest BCUT2D eigenvalue weighted by Gasteiger charge is -2.23. The molecule has 0 bridgehead atoms. The molecule has 2 rings (SSSR count). The summed E-state index contributed by atoms with van der Waals surface area (Å²) in [4.78, 5) is 26.1. The molecule has 0 aliphatic carbocycles. The van der Waals surface area contributed by atoms with Crippen LogP contribution in [0.5, 0.6) is 5.75 Å². The van der Waals surface area contributed by atoms with Crippen molar-refractivity contribution in [1.82, 2.24) is 4.90 Å². The van der Waals surface area contributed by atoms with E-state index in [4.69, 9.17) is 9.47 Å². The number of amides is 1. The maximum Gasteiger partial charge on any atom is 0.328 e. The van der Waals surface area contributed by atoms with E-state index in [1.807, 2.05) is 13.0 Å². The monoisotopic (exact) mass is 291 g/mol. The first-order valence-electron chi connectivity index (χ1n) is 7.20. The smallest absolute Gasteiger partial charge is 0.328 e. The maximum atomic E-state index is 12.6. The van der Waals surface area contributed by atoms with Crippen molar-refractivity contribution in [2.45, 2.75) is 32.7 Å². The molecule has 1 aromatic rings. The van der Waals surface area contributed by atoms with E-state index in [2.05, 4.69) is 0 Å². The molecule has 0 spiro atoms. The largest absolute Gasteiger partial charge is 0.496 e. The Morgan fingerprint density at radius 2 is 2.14 bits per heavy atom. The summed E-state index contributed by atoms with van der Waals surface area (Å²) in [7, 11) is 1.58. The van der Waals surface area contributed by atoms with Crippen molar-refractivity contribution in [1.29, 1.82) is 0 Å². The second-order valence-corrected chi connectivity index (χ2v) is 5.09. The summed E-state index contributed by atoms with van der Waals surface area (Å²) in [5.74, 6) is 0.207. The number of carbonyl (C=O) groups excluding carboxylic acids is 2. The lowest BCUT2D eigenvalue weighted by Crippen LogP contribution is -2.41. The van der Waals surface area contributed by atoms with E-state index in [-0.39, 0.29) is 11.9 Å². The third kappa shape index (κ3) is 3.17. The van der Waals surface area contributed by atoms with E-state index in [9.17, 15) is 9.59 Å². The highest BCUT2D eigenvalue weighted by Crippen LogP contribution is 2.24. The van der Waals surface area contributed by atoms with E-state index >= 15 is 0 Å². The summed E-state index contributed by atoms with van der Waals surface area (Å²) in [6, 6.07) is 4.87. The lowest BCUT2D eigenvalue weighted by molar-refractivity contribution is -0.147. The van der Waals surface area contributed by atoms with Crippen LogP contribution in [-0.2, 0) is 9.53 Å². The van der Waals surface area contributed by atoms with Crippen molar-refractivity contribution in [2.75, 3.05) is 20.3 Å². The zero-order valence-corrected chi connectivity index (χ0v) is 12.7. The Morgan fingerprint density at radius 1 is 1.38 bits per heavy atom. The van der Waals surface area contributed by atoms with Crippen LogP contribution in [0.25, 0.3) is 0 Å². The summed E-state index contributed by atoms with van der Waals surface area (Å²) >= 11 is 0. The van der Waals surface area contributed by atoms with Gasteiger partial charge in [-0.25, -0.2) is 4.79 Å². The minimum Gasteiger partial charge on any atom is -0.496 e. The molecule has 1 aliphatic rings. The van der Waals surface area contributed by atoms with Gasteiger partial charge in [0.2, 0.25) is 0 Å². The van der Waals surface area contributed by atoms with Gasteiger partial charge in [0.25, 0.3) is 5.91 Å². The van der Waals surface area contributed by atoms with Crippen molar-refractivity contribution in [3.8, 4) is 5.75 Å².